The molecule has 0 unspecified atom stereocenters. The minimum absolute atomic E-state index is 0.178. The van der Waals surface area contributed by atoms with Crippen molar-refractivity contribution in [3.05, 3.63) is 29.3 Å². The molecule has 0 N–H and O–H groups in total. The molecule has 0 aliphatic carbocycles. The number of methoxy groups -OCH3 is 1. The van der Waals surface area contributed by atoms with Gasteiger partial charge in [0.05, 0.1) is 7.11 Å². The summed E-state index contributed by atoms with van der Waals surface area (Å²) in [6.45, 7) is 1.72. The van der Waals surface area contributed by atoms with Crippen LogP contribution in [0.25, 0.3) is 0 Å². The van der Waals surface area contributed by atoms with Gasteiger partial charge in [-0.15, -0.1) is 0 Å². The predicted octanol–water partition coefficient (Wildman–Crippen LogP) is 1.93. The van der Waals surface area contributed by atoms with Crippen LogP contribution in [-0.2, 0) is 11.7 Å². The molecule has 0 fully saturated rings. The zero-order valence-corrected chi connectivity index (χ0v) is 6.76. The van der Waals surface area contributed by atoms with Crippen LogP contribution in [0.3, 0.4) is 0 Å². The third kappa shape index (κ3) is 1.52. The first-order chi connectivity index (χ1) is 5.29. The molecule has 1 aromatic rings. The Hall–Kier alpha value is -1.02. The van der Waals surface area contributed by atoms with Crippen molar-refractivity contribution in [3.63, 3.8) is 0 Å². The first kappa shape index (κ1) is 8.08. The van der Waals surface area contributed by atoms with Gasteiger partial charge in [0.2, 0.25) is 0 Å². The fourth-order valence-corrected chi connectivity index (χ4v) is 1.04. The molecule has 0 spiro atoms. The molecule has 0 saturated heterocycles. The van der Waals surface area contributed by atoms with Gasteiger partial charge in [0.15, 0.2) is 0 Å². The largest absolute Gasteiger partial charge is 0.496 e. The van der Waals surface area contributed by atoms with Crippen LogP contribution in [0.4, 0.5) is 0 Å². The second-order valence-corrected chi connectivity index (χ2v) is 2.39. The number of rotatable bonds is 2. The van der Waals surface area contributed by atoms with E-state index in [9.17, 15) is 5.11 Å². The Morgan fingerprint density at radius 1 is 1.45 bits per heavy atom. The average Bonchev–Trinajstić information content (AvgIpc) is 2.05. The molecule has 0 aliphatic rings. The summed E-state index contributed by atoms with van der Waals surface area (Å²) < 4.78 is 5.05. The zero-order chi connectivity index (χ0) is 8.27. The maximum Gasteiger partial charge on any atom is 0.122 e. The highest BCUT2D eigenvalue weighted by molar-refractivity contribution is 5.38. The van der Waals surface area contributed by atoms with Crippen molar-refractivity contribution in [3.8, 4) is 5.75 Å². The van der Waals surface area contributed by atoms with E-state index in [0.717, 1.165) is 16.9 Å². The third-order valence-corrected chi connectivity index (χ3v) is 1.77. The van der Waals surface area contributed by atoms with Crippen molar-refractivity contribution in [2.75, 3.05) is 7.11 Å². The van der Waals surface area contributed by atoms with E-state index in [4.69, 9.17) is 4.74 Å². The van der Waals surface area contributed by atoms with Crippen molar-refractivity contribution in [1.29, 1.82) is 0 Å². The molecule has 0 aromatic heterocycles. The molecule has 2 heteroatoms. The van der Waals surface area contributed by atoms with Crippen LogP contribution in [0.1, 0.15) is 11.1 Å². The van der Waals surface area contributed by atoms with Crippen LogP contribution in [-0.4, -0.2) is 7.11 Å². The first-order valence-corrected chi connectivity index (χ1v) is 3.50. The Labute approximate surface area is 66.4 Å². The molecule has 1 radical (unpaired) electrons. The van der Waals surface area contributed by atoms with Gasteiger partial charge in [-0.1, -0.05) is 12.1 Å². The van der Waals surface area contributed by atoms with Gasteiger partial charge in [0.25, 0.3) is 0 Å². The third-order valence-electron chi connectivity index (χ3n) is 1.77. The fraction of sp³-hybridized carbons (Fsp3) is 0.333. The molecule has 0 aliphatic heterocycles. The van der Waals surface area contributed by atoms with E-state index in [2.05, 4.69) is 0 Å². The Morgan fingerprint density at radius 2 is 2.18 bits per heavy atom. The van der Waals surface area contributed by atoms with Gasteiger partial charge in [0, 0.05) is 0 Å². The fourth-order valence-electron chi connectivity index (χ4n) is 1.04. The van der Waals surface area contributed by atoms with E-state index in [1.54, 1.807) is 7.11 Å². The summed E-state index contributed by atoms with van der Waals surface area (Å²) in [5.74, 6) is 0.790. The van der Waals surface area contributed by atoms with Gasteiger partial charge in [-0.05, 0) is 24.1 Å². The Morgan fingerprint density at radius 3 is 2.73 bits per heavy atom. The van der Waals surface area contributed by atoms with Crippen molar-refractivity contribution in [2.45, 2.75) is 13.5 Å². The summed E-state index contributed by atoms with van der Waals surface area (Å²) in [5.41, 5.74) is 1.76. The predicted molar refractivity (Wildman–Crippen MR) is 42.1 cm³/mol. The maximum absolute atomic E-state index is 10.6. The second kappa shape index (κ2) is 3.39. The minimum Gasteiger partial charge on any atom is -0.496 e. The van der Waals surface area contributed by atoms with Crippen LogP contribution >= 0.6 is 0 Å². The number of benzene rings is 1. The highest BCUT2D eigenvalue weighted by atomic mass is 16.5. The molecular weight excluding hydrogens is 140 g/mol. The van der Waals surface area contributed by atoms with Crippen LogP contribution in [0.2, 0.25) is 0 Å². The smallest absolute Gasteiger partial charge is 0.122 e. The summed E-state index contributed by atoms with van der Waals surface area (Å²) in [6, 6.07) is 5.51. The van der Waals surface area contributed by atoms with Gasteiger partial charge in [0.1, 0.15) is 12.4 Å². The SMILES string of the molecule is COc1cccc(C[O])c1C. The lowest BCUT2D eigenvalue weighted by molar-refractivity contribution is 0.176. The van der Waals surface area contributed by atoms with E-state index in [1.165, 1.54) is 0 Å². The second-order valence-electron chi connectivity index (χ2n) is 2.39. The maximum atomic E-state index is 10.6. The van der Waals surface area contributed by atoms with E-state index < -0.39 is 0 Å². The molecule has 1 rings (SSSR count). The van der Waals surface area contributed by atoms with Gasteiger partial charge >= 0.3 is 0 Å². The first-order valence-electron chi connectivity index (χ1n) is 3.50. The molecule has 1 aromatic carbocycles. The van der Waals surface area contributed by atoms with Crippen molar-refractivity contribution < 1.29 is 9.84 Å². The Kier molecular flexibility index (Phi) is 2.49. The molecule has 59 valence electrons. The van der Waals surface area contributed by atoms with E-state index in [-0.39, 0.29) is 6.61 Å². The molecular formula is C9H11O2. The number of ether oxygens (including phenoxy) is 1. The van der Waals surface area contributed by atoms with Crippen molar-refractivity contribution >= 4 is 0 Å². The molecule has 0 amide bonds. The number of hydrogen-bond acceptors (Lipinski definition) is 1. The summed E-state index contributed by atoms with van der Waals surface area (Å²) in [5, 5.41) is 10.6. The van der Waals surface area contributed by atoms with E-state index >= 15 is 0 Å². The van der Waals surface area contributed by atoms with Crippen LogP contribution in [0.15, 0.2) is 18.2 Å². The Balaban J connectivity index is 3.10. The quantitative estimate of drug-likeness (QED) is 0.635. The highest BCUT2D eigenvalue weighted by Crippen LogP contribution is 2.20. The summed E-state index contributed by atoms with van der Waals surface area (Å²) in [6.07, 6.45) is 0. The lowest BCUT2D eigenvalue weighted by Gasteiger charge is -2.06. The lowest BCUT2D eigenvalue weighted by Crippen LogP contribution is -1.92. The summed E-state index contributed by atoms with van der Waals surface area (Å²) in [7, 11) is 1.61. The monoisotopic (exact) mass is 151 g/mol. The van der Waals surface area contributed by atoms with E-state index in [1.807, 2.05) is 25.1 Å². The summed E-state index contributed by atoms with van der Waals surface area (Å²) >= 11 is 0. The molecule has 11 heavy (non-hydrogen) atoms. The lowest BCUT2D eigenvalue weighted by atomic mass is 10.1. The minimum atomic E-state index is -0.178. The Bertz CT molecular complexity index is 221. The highest BCUT2D eigenvalue weighted by Gasteiger charge is 2.01. The van der Waals surface area contributed by atoms with Gasteiger partial charge < -0.3 is 4.74 Å². The van der Waals surface area contributed by atoms with Crippen molar-refractivity contribution in [1.82, 2.24) is 0 Å². The summed E-state index contributed by atoms with van der Waals surface area (Å²) in [4.78, 5) is 0. The molecule has 0 saturated carbocycles. The van der Waals surface area contributed by atoms with Gasteiger partial charge in [-0.3, -0.25) is 0 Å². The van der Waals surface area contributed by atoms with Gasteiger partial charge in [-0.25, -0.2) is 5.11 Å². The van der Waals surface area contributed by atoms with Crippen molar-refractivity contribution in [2.24, 2.45) is 0 Å². The van der Waals surface area contributed by atoms with E-state index in [0.29, 0.717) is 0 Å². The molecule has 0 heterocycles. The standard InChI is InChI=1S/C9H11O2/c1-7-8(6-10)4-3-5-9(7)11-2/h3-5H,6H2,1-2H3. The topological polar surface area (TPSA) is 29.1 Å². The van der Waals surface area contributed by atoms with Gasteiger partial charge in [-0.2, -0.15) is 0 Å². The average molecular weight is 151 g/mol. The van der Waals surface area contributed by atoms with Crippen LogP contribution < -0.4 is 4.74 Å². The number of hydrogen-bond donors (Lipinski definition) is 0. The zero-order valence-electron chi connectivity index (χ0n) is 6.76. The van der Waals surface area contributed by atoms with Crippen LogP contribution in [0.5, 0.6) is 5.75 Å². The van der Waals surface area contributed by atoms with Crippen LogP contribution in [0, 0.1) is 6.92 Å². The molecule has 2 nitrogen and oxygen atoms in total. The molecule has 0 atom stereocenters. The normalized spacial score (nSPS) is 9.73. The molecule has 0 bridgehead atoms.